The van der Waals surface area contributed by atoms with Crippen molar-refractivity contribution >= 4 is 35.0 Å². The Hall–Kier alpha value is -2.86. The van der Waals surface area contributed by atoms with Gasteiger partial charge in [0.1, 0.15) is 0 Å². The Balaban J connectivity index is 1.45. The van der Waals surface area contributed by atoms with Crippen molar-refractivity contribution in [3.63, 3.8) is 0 Å². The zero-order valence-electron chi connectivity index (χ0n) is 14.6. The molecule has 0 heterocycles. The van der Waals surface area contributed by atoms with Gasteiger partial charge >= 0.3 is 0 Å². The van der Waals surface area contributed by atoms with Crippen molar-refractivity contribution in [2.75, 3.05) is 11.9 Å². The van der Waals surface area contributed by atoms with E-state index < -0.39 is 5.91 Å². The fourth-order valence-electron chi connectivity index (χ4n) is 2.51. The van der Waals surface area contributed by atoms with E-state index in [1.54, 1.807) is 24.3 Å². The Morgan fingerprint density at radius 2 is 1.78 bits per heavy atom. The van der Waals surface area contributed by atoms with Crippen LogP contribution in [0.5, 0.6) is 0 Å². The number of anilines is 1. The van der Waals surface area contributed by atoms with E-state index in [0.29, 0.717) is 22.8 Å². The monoisotopic (exact) mass is 385 g/mol. The lowest BCUT2D eigenvalue weighted by Crippen LogP contribution is -2.36. The molecule has 1 aliphatic rings. The maximum absolute atomic E-state index is 12.0. The molecule has 27 heavy (non-hydrogen) atoms. The first kappa shape index (κ1) is 18.9. The number of carbonyl (C=O) groups is 3. The molecule has 0 radical (unpaired) electrons. The molecule has 0 atom stereocenters. The van der Waals surface area contributed by atoms with Crippen molar-refractivity contribution in [2.24, 2.45) is 5.92 Å². The van der Waals surface area contributed by atoms with E-state index in [1.165, 1.54) is 0 Å². The molecule has 2 aromatic rings. The van der Waals surface area contributed by atoms with Gasteiger partial charge in [-0.15, -0.1) is 0 Å². The number of carbonyl (C=O) groups excluding carboxylic acids is 3. The van der Waals surface area contributed by atoms with Crippen LogP contribution in [0.25, 0.3) is 0 Å². The third kappa shape index (κ3) is 5.56. The van der Waals surface area contributed by atoms with Crippen molar-refractivity contribution < 1.29 is 14.4 Å². The summed E-state index contributed by atoms with van der Waals surface area (Å²) in [4.78, 5) is 35.8. The number of hydrogen-bond donors (Lipinski definition) is 3. The standard InChI is InChI=1S/C20H20ClN3O3/c21-17-7-2-1-6-16(17)20(27)23-12-18(25)22-11-13-4-3-5-15(10-13)24-19(26)14-8-9-14/h1-7,10,14H,8-9,11-12H2,(H,22,25)(H,23,27)(H,24,26). The van der Waals surface area contributed by atoms with Crippen molar-refractivity contribution in [1.82, 2.24) is 10.6 Å². The molecule has 0 bridgehead atoms. The van der Waals surface area contributed by atoms with Gasteiger partial charge in [-0.05, 0) is 42.7 Å². The highest BCUT2D eigenvalue weighted by Gasteiger charge is 2.29. The number of nitrogens with one attached hydrogen (secondary N) is 3. The van der Waals surface area contributed by atoms with E-state index in [2.05, 4.69) is 16.0 Å². The van der Waals surface area contributed by atoms with E-state index in [4.69, 9.17) is 11.6 Å². The summed E-state index contributed by atoms with van der Waals surface area (Å²) in [5.74, 6) is -0.545. The van der Waals surface area contributed by atoms with Gasteiger partial charge in [-0.2, -0.15) is 0 Å². The number of amides is 3. The van der Waals surface area contributed by atoms with Crippen molar-refractivity contribution in [2.45, 2.75) is 19.4 Å². The Labute approximate surface area is 162 Å². The number of rotatable bonds is 7. The zero-order chi connectivity index (χ0) is 19.2. The van der Waals surface area contributed by atoms with Gasteiger partial charge in [0.2, 0.25) is 11.8 Å². The normalized spacial score (nSPS) is 12.9. The molecule has 0 aromatic heterocycles. The first-order valence-corrected chi connectivity index (χ1v) is 9.10. The molecule has 6 nitrogen and oxygen atoms in total. The Kier molecular flexibility index (Phi) is 6.08. The molecular formula is C20H20ClN3O3. The summed E-state index contributed by atoms with van der Waals surface area (Å²) in [6.45, 7) is 0.149. The molecule has 1 saturated carbocycles. The second kappa shape index (κ2) is 8.68. The van der Waals surface area contributed by atoms with Gasteiger partial charge < -0.3 is 16.0 Å². The van der Waals surface area contributed by atoms with Gasteiger partial charge in [-0.3, -0.25) is 14.4 Å². The van der Waals surface area contributed by atoms with Gasteiger partial charge in [-0.1, -0.05) is 35.9 Å². The largest absolute Gasteiger partial charge is 0.350 e. The highest BCUT2D eigenvalue weighted by molar-refractivity contribution is 6.33. The predicted octanol–water partition coefficient (Wildman–Crippen LogP) is 2.73. The van der Waals surface area contributed by atoms with E-state index in [9.17, 15) is 14.4 Å². The maximum Gasteiger partial charge on any atom is 0.253 e. The number of benzene rings is 2. The molecule has 3 N–H and O–H groups in total. The molecule has 0 unspecified atom stereocenters. The molecule has 3 rings (SSSR count). The lowest BCUT2D eigenvalue weighted by atomic mass is 10.2. The summed E-state index contributed by atoms with van der Waals surface area (Å²) in [6.07, 6.45) is 1.89. The van der Waals surface area contributed by atoms with Crippen LogP contribution in [0.1, 0.15) is 28.8 Å². The second-order valence-corrected chi connectivity index (χ2v) is 6.81. The van der Waals surface area contributed by atoms with Gasteiger partial charge in [0.15, 0.2) is 0 Å². The minimum Gasteiger partial charge on any atom is -0.350 e. The summed E-state index contributed by atoms with van der Waals surface area (Å²) in [6, 6.07) is 14.0. The SMILES string of the molecule is O=C(CNC(=O)c1ccccc1Cl)NCc1cccc(NC(=O)C2CC2)c1. The van der Waals surface area contributed by atoms with Crippen molar-refractivity contribution in [3.8, 4) is 0 Å². The van der Waals surface area contributed by atoms with Crippen LogP contribution in [-0.4, -0.2) is 24.3 Å². The minimum atomic E-state index is -0.402. The lowest BCUT2D eigenvalue weighted by Gasteiger charge is -2.09. The van der Waals surface area contributed by atoms with Crippen molar-refractivity contribution in [1.29, 1.82) is 0 Å². The second-order valence-electron chi connectivity index (χ2n) is 6.40. The molecule has 140 valence electrons. The Morgan fingerprint density at radius 1 is 1.00 bits per heavy atom. The van der Waals surface area contributed by atoms with Gasteiger partial charge in [0, 0.05) is 18.2 Å². The molecule has 1 fully saturated rings. The third-order valence-corrected chi connectivity index (χ3v) is 4.49. The van der Waals surface area contributed by atoms with Crippen LogP contribution in [0.2, 0.25) is 5.02 Å². The molecule has 1 aliphatic carbocycles. The quantitative estimate of drug-likeness (QED) is 0.684. The minimum absolute atomic E-state index is 0.0403. The summed E-state index contributed by atoms with van der Waals surface area (Å²) >= 11 is 5.96. The van der Waals surface area contributed by atoms with Crippen LogP contribution in [-0.2, 0) is 16.1 Å². The van der Waals surface area contributed by atoms with Crippen LogP contribution >= 0.6 is 11.6 Å². The Bertz CT molecular complexity index is 865. The van der Waals surface area contributed by atoms with E-state index >= 15 is 0 Å². The maximum atomic E-state index is 12.0. The zero-order valence-corrected chi connectivity index (χ0v) is 15.4. The number of hydrogen-bond acceptors (Lipinski definition) is 3. The van der Waals surface area contributed by atoms with Gasteiger partial charge in [-0.25, -0.2) is 0 Å². The van der Waals surface area contributed by atoms with Gasteiger partial charge in [0.25, 0.3) is 5.91 Å². The predicted molar refractivity (Wildman–Crippen MR) is 103 cm³/mol. The molecule has 2 aromatic carbocycles. The van der Waals surface area contributed by atoms with Crippen LogP contribution in [0.3, 0.4) is 0 Å². The first-order chi connectivity index (χ1) is 13.0. The first-order valence-electron chi connectivity index (χ1n) is 8.72. The number of halogens is 1. The van der Waals surface area contributed by atoms with Crippen molar-refractivity contribution in [3.05, 3.63) is 64.7 Å². The van der Waals surface area contributed by atoms with E-state index in [0.717, 1.165) is 18.4 Å². The highest BCUT2D eigenvalue weighted by Crippen LogP contribution is 2.30. The average Bonchev–Trinajstić information content (AvgIpc) is 3.50. The molecular weight excluding hydrogens is 366 g/mol. The molecule has 0 aliphatic heterocycles. The topological polar surface area (TPSA) is 87.3 Å². The van der Waals surface area contributed by atoms with Crippen LogP contribution < -0.4 is 16.0 Å². The van der Waals surface area contributed by atoms with Crippen LogP contribution in [0.15, 0.2) is 48.5 Å². The Morgan fingerprint density at radius 3 is 2.52 bits per heavy atom. The fourth-order valence-corrected chi connectivity index (χ4v) is 2.73. The molecule has 3 amide bonds. The fraction of sp³-hybridized carbons (Fsp3) is 0.250. The third-order valence-electron chi connectivity index (χ3n) is 4.16. The summed E-state index contributed by atoms with van der Waals surface area (Å²) in [7, 11) is 0. The summed E-state index contributed by atoms with van der Waals surface area (Å²) in [5.41, 5.74) is 1.89. The van der Waals surface area contributed by atoms with E-state index in [1.807, 2.05) is 24.3 Å². The smallest absolute Gasteiger partial charge is 0.253 e. The molecule has 0 spiro atoms. The van der Waals surface area contributed by atoms with Gasteiger partial charge in [0.05, 0.1) is 17.1 Å². The molecule has 7 heteroatoms. The summed E-state index contributed by atoms with van der Waals surface area (Å²) < 4.78 is 0. The highest BCUT2D eigenvalue weighted by atomic mass is 35.5. The van der Waals surface area contributed by atoms with Crippen LogP contribution in [0.4, 0.5) is 5.69 Å². The van der Waals surface area contributed by atoms with Crippen LogP contribution in [0, 0.1) is 5.92 Å². The van der Waals surface area contributed by atoms with E-state index in [-0.39, 0.29) is 24.3 Å². The molecule has 0 saturated heterocycles. The lowest BCUT2D eigenvalue weighted by molar-refractivity contribution is -0.120. The average molecular weight is 386 g/mol. The summed E-state index contributed by atoms with van der Waals surface area (Å²) in [5, 5.41) is 8.49.